The number of aliphatic imine (C=N–C) groups is 1. The van der Waals surface area contributed by atoms with Crippen molar-refractivity contribution in [1.29, 1.82) is 0 Å². The van der Waals surface area contributed by atoms with E-state index in [4.69, 9.17) is 4.99 Å². The Hall–Kier alpha value is -3.21. The lowest BCUT2D eigenvalue weighted by Crippen LogP contribution is -2.18. The minimum Gasteiger partial charge on any atom is -0.374 e. The maximum Gasteiger partial charge on any atom is 0.155 e. The van der Waals surface area contributed by atoms with Crippen molar-refractivity contribution >= 4 is 23.8 Å². The first kappa shape index (κ1) is 25.4. The van der Waals surface area contributed by atoms with Gasteiger partial charge in [-0.25, -0.2) is 0 Å². The fourth-order valence-corrected chi connectivity index (χ4v) is 4.29. The van der Waals surface area contributed by atoms with Crippen molar-refractivity contribution in [2.45, 2.75) is 66.7 Å². The van der Waals surface area contributed by atoms with Gasteiger partial charge in [-0.05, 0) is 87.9 Å². The van der Waals surface area contributed by atoms with Crippen molar-refractivity contribution < 1.29 is 4.79 Å². The number of hydrogen-bond donors (Lipinski definition) is 1. The van der Waals surface area contributed by atoms with E-state index in [1.807, 2.05) is 25.4 Å². The minimum absolute atomic E-state index is 0.1000. The number of unbranched alkanes of at least 4 members (excludes halogenated alkanes) is 1. The summed E-state index contributed by atoms with van der Waals surface area (Å²) in [6.45, 7) is 14.1. The molecule has 2 heterocycles. The van der Waals surface area contributed by atoms with Crippen molar-refractivity contribution in [2.75, 3.05) is 13.1 Å². The Morgan fingerprint density at radius 2 is 2.06 bits per heavy atom. The second-order valence-electron chi connectivity index (χ2n) is 9.30. The predicted molar refractivity (Wildman–Crippen MR) is 143 cm³/mol. The van der Waals surface area contributed by atoms with Gasteiger partial charge < -0.3 is 4.90 Å². The number of aryl methyl sites for hydroxylation is 2. The molecule has 2 aromatic rings. The summed E-state index contributed by atoms with van der Waals surface area (Å²) in [7, 11) is 0. The molecule has 1 aliphatic heterocycles. The van der Waals surface area contributed by atoms with E-state index in [1.165, 1.54) is 17.0 Å². The third-order valence-electron chi connectivity index (χ3n) is 6.64. The molecule has 1 fully saturated rings. The van der Waals surface area contributed by atoms with Crippen LogP contribution in [0.15, 0.2) is 52.8 Å². The molecule has 1 aliphatic rings. The largest absolute Gasteiger partial charge is 0.374 e. The number of rotatable bonds is 9. The molecule has 5 heteroatoms. The van der Waals surface area contributed by atoms with E-state index in [9.17, 15) is 4.79 Å². The van der Waals surface area contributed by atoms with Crippen LogP contribution in [-0.2, 0) is 4.79 Å². The molecule has 5 nitrogen and oxygen atoms in total. The number of aromatic nitrogens is 2. The number of nitrogens with zero attached hydrogens (tertiary/aromatic N) is 3. The Balaban J connectivity index is 1.74. The zero-order valence-corrected chi connectivity index (χ0v) is 21.5. The zero-order valence-electron chi connectivity index (χ0n) is 21.5. The summed E-state index contributed by atoms with van der Waals surface area (Å²) < 4.78 is 0. The maximum atomic E-state index is 11.6. The molecule has 1 atom stereocenters. The maximum absolute atomic E-state index is 11.6. The number of allylic oxidation sites excluding steroid dienone is 4. The van der Waals surface area contributed by atoms with E-state index in [0.29, 0.717) is 5.92 Å². The first-order valence-electron chi connectivity index (χ1n) is 12.3. The number of ketones is 1. The van der Waals surface area contributed by atoms with E-state index in [1.54, 1.807) is 6.92 Å². The fourth-order valence-electron chi connectivity index (χ4n) is 4.29. The quantitative estimate of drug-likeness (QED) is 0.339. The molecule has 0 spiro atoms. The number of carbonyl (C=O) groups excluding carboxylic acids is 1. The summed E-state index contributed by atoms with van der Waals surface area (Å²) in [5.74, 6) is 0.629. The third-order valence-corrected chi connectivity index (χ3v) is 6.64. The molecule has 34 heavy (non-hydrogen) atoms. The van der Waals surface area contributed by atoms with E-state index in [2.05, 4.69) is 73.1 Å². The lowest BCUT2D eigenvalue weighted by atomic mass is 10.00. The van der Waals surface area contributed by atoms with Gasteiger partial charge in [-0.1, -0.05) is 31.6 Å². The Kier molecular flexibility index (Phi) is 8.80. The third kappa shape index (κ3) is 6.43. The van der Waals surface area contributed by atoms with Crippen molar-refractivity contribution in [3.63, 3.8) is 0 Å². The number of likely N-dealkylation sites (tertiary alicyclic amines) is 1. The van der Waals surface area contributed by atoms with Gasteiger partial charge >= 0.3 is 0 Å². The lowest BCUT2D eigenvalue weighted by molar-refractivity contribution is -0.113. The molecule has 0 saturated carbocycles. The summed E-state index contributed by atoms with van der Waals surface area (Å²) in [5, 5.41) is 7.25. The molecule has 0 bridgehead atoms. The fraction of sp³-hybridized carbons (Fsp3) is 0.414. The highest BCUT2D eigenvalue weighted by Crippen LogP contribution is 2.30. The summed E-state index contributed by atoms with van der Waals surface area (Å²) in [4.78, 5) is 18.9. The molecule has 3 rings (SSSR count). The molecular weight excluding hydrogens is 420 g/mol. The van der Waals surface area contributed by atoms with Crippen molar-refractivity contribution in [3.8, 4) is 0 Å². The zero-order chi connectivity index (χ0) is 24.7. The number of carbonyl (C=O) groups is 1. The Morgan fingerprint density at radius 3 is 2.71 bits per heavy atom. The number of hydrogen-bond acceptors (Lipinski definition) is 4. The second-order valence-corrected chi connectivity index (χ2v) is 9.30. The van der Waals surface area contributed by atoms with Crippen LogP contribution in [0.4, 0.5) is 0 Å². The van der Waals surface area contributed by atoms with E-state index in [-0.39, 0.29) is 5.78 Å². The van der Waals surface area contributed by atoms with Crippen LogP contribution in [0.1, 0.15) is 80.8 Å². The normalized spacial score (nSPS) is 17.8. The highest BCUT2D eigenvalue weighted by atomic mass is 16.1. The molecule has 1 saturated heterocycles. The second kappa shape index (κ2) is 11.8. The summed E-state index contributed by atoms with van der Waals surface area (Å²) in [6, 6.07) is 6.34. The SMILES string of the molecule is CCC/C=C(/N=C/C=C(\C)N1CCC(c2cn[nH]c2C)C1)c1ccc(/C=C(\C)C(C)=O)c(C)c1. The van der Waals surface area contributed by atoms with Crippen molar-refractivity contribution in [3.05, 3.63) is 75.8 Å². The molecule has 1 unspecified atom stereocenters. The van der Waals surface area contributed by atoms with Gasteiger partial charge in [0.15, 0.2) is 5.78 Å². The Labute approximate surface area is 204 Å². The van der Waals surface area contributed by atoms with Gasteiger partial charge in [-0.3, -0.25) is 14.9 Å². The highest BCUT2D eigenvalue weighted by molar-refractivity contribution is 5.97. The van der Waals surface area contributed by atoms with Gasteiger partial charge in [0.1, 0.15) is 0 Å². The van der Waals surface area contributed by atoms with Gasteiger partial charge in [0.05, 0.1) is 11.9 Å². The van der Waals surface area contributed by atoms with Crippen LogP contribution < -0.4 is 0 Å². The number of H-pyrrole nitrogens is 1. The van der Waals surface area contributed by atoms with Crippen LogP contribution in [-0.4, -0.2) is 40.2 Å². The number of aromatic amines is 1. The first-order chi connectivity index (χ1) is 16.3. The van der Waals surface area contributed by atoms with Crippen molar-refractivity contribution in [1.82, 2.24) is 15.1 Å². The molecule has 0 aliphatic carbocycles. The number of benzene rings is 1. The summed E-state index contributed by atoms with van der Waals surface area (Å²) in [6.07, 6.45) is 13.4. The first-order valence-corrected chi connectivity index (χ1v) is 12.3. The summed E-state index contributed by atoms with van der Waals surface area (Å²) in [5.41, 5.74) is 8.81. The average Bonchev–Trinajstić information content (AvgIpc) is 3.46. The van der Waals surface area contributed by atoms with E-state index >= 15 is 0 Å². The van der Waals surface area contributed by atoms with Gasteiger partial charge in [0, 0.05) is 42.2 Å². The lowest BCUT2D eigenvalue weighted by Gasteiger charge is -2.18. The molecule has 0 radical (unpaired) electrons. The summed E-state index contributed by atoms with van der Waals surface area (Å²) >= 11 is 0. The van der Waals surface area contributed by atoms with Crippen LogP contribution in [0.5, 0.6) is 0 Å². The van der Waals surface area contributed by atoms with Gasteiger partial charge in [0.25, 0.3) is 0 Å². The van der Waals surface area contributed by atoms with Crippen LogP contribution in [0.25, 0.3) is 11.8 Å². The molecule has 1 aromatic heterocycles. The number of nitrogens with one attached hydrogen (secondary N) is 1. The minimum atomic E-state index is 0.1000. The topological polar surface area (TPSA) is 61.4 Å². The van der Waals surface area contributed by atoms with Crippen LogP contribution in [0.3, 0.4) is 0 Å². The van der Waals surface area contributed by atoms with Crippen molar-refractivity contribution in [2.24, 2.45) is 4.99 Å². The van der Waals surface area contributed by atoms with Gasteiger partial charge in [-0.2, -0.15) is 5.10 Å². The van der Waals surface area contributed by atoms with Crippen LogP contribution >= 0.6 is 0 Å². The molecular formula is C29H38N4O. The number of Topliss-reactive ketones (excluding diaryl/α,β-unsaturated/α-hetero) is 1. The smallest absolute Gasteiger partial charge is 0.155 e. The molecule has 1 N–H and O–H groups in total. The standard InChI is InChI=1S/C29H38N4O/c1-7-8-9-29(26-11-10-25(21(3)17-26)16-20(2)24(6)34)30-14-12-22(4)33-15-13-27(19-33)28-18-31-32-23(28)5/h9-12,14,16-18,27H,7-8,13,15,19H2,1-6H3,(H,31,32)/b20-16+,22-12+,29-9+,30-14+. The molecule has 0 amide bonds. The Morgan fingerprint density at radius 1 is 1.26 bits per heavy atom. The van der Waals surface area contributed by atoms with Crippen LogP contribution in [0.2, 0.25) is 0 Å². The van der Waals surface area contributed by atoms with E-state index < -0.39 is 0 Å². The monoisotopic (exact) mass is 458 g/mol. The van der Waals surface area contributed by atoms with E-state index in [0.717, 1.165) is 60.3 Å². The van der Waals surface area contributed by atoms with Crippen LogP contribution in [0, 0.1) is 13.8 Å². The average molecular weight is 459 g/mol. The van der Waals surface area contributed by atoms with Gasteiger partial charge in [-0.15, -0.1) is 0 Å². The highest BCUT2D eigenvalue weighted by Gasteiger charge is 2.25. The predicted octanol–water partition coefficient (Wildman–Crippen LogP) is 6.62. The molecule has 180 valence electrons. The Bertz CT molecular complexity index is 1130. The van der Waals surface area contributed by atoms with Gasteiger partial charge in [0.2, 0.25) is 0 Å². The molecule has 1 aromatic carbocycles.